The number of amides is 3. The third-order valence-corrected chi connectivity index (χ3v) is 5.80. The van der Waals surface area contributed by atoms with Crippen LogP contribution in [-0.2, 0) is 38.2 Å². The number of aliphatic carboxylic acids is 2. The number of ether oxygens (including phenoxy) is 2. The van der Waals surface area contributed by atoms with Crippen molar-refractivity contribution >= 4 is 35.9 Å². The Morgan fingerprint density at radius 3 is 1.60 bits per heavy atom. The first-order valence-corrected chi connectivity index (χ1v) is 14.0. The zero-order chi connectivity index (χ0) is 29.8. The van der Waals surface area contributed by atoms with Gasteiger partial charge in [-0.25, -0.2) is 4.79 Å². The molecule has 0 aromatic carbocycles. The first-order chi connectivity index (χ1) is 19.3. The molecule has 0 heterocycles. The minimum Gasteiger partial charge on any atom is -0.481 e. The lowest BCUT2D eigenvalue weighted by Crippen LogP contribution is -2.41. The van der Waals surface area contributed by atoms with Crippen molar-refractivity contribution in [1.29, 1.82) is 0 Å². The maximum Gasteiger partial charge on any atom is 0.326 e. The summed E-state index contributed by atoms with van der Waals surface area (Å²) in [6.45, 7) is 1.95. The van der Waals surface area contributed by atoms with Crippen LogP contribution >= 0.6 is 0 Å². The Balaban J connectivity index is 3.49. The van der Waals surface area contributed by atoms with Crippen LogP contribution in [0.2, 0.25) is 0 Å². The van der Waals surface area contributed by atoms with Crippen LogP contribution in [0.15, 0.2) is 0 Å². The number of hydrogen-bond acceptors (Lipinski definition) is 8. The van der Waals surface area contributed by atoms with Crippen LogP contribution in [0.3, 0.4) is 0 Å². The summed E-state index contributed by atoms with van der Waals surface area (Å²) in [7, 11) is 0. The first kappa shape index (κ1) is 36.9. The predicted molar refractivity (Wildman–Crippen MR) is 145 cm³/mol. The molecule has 0 bridgehead atoms. The number of rotatable bonds is 28. The summed E-state index contributed by atoms with van der Waals surface area (Å²) in [5, 5.41) is 25.3. The fourth-order valence-electron chi connectivity index (χ4n) is 3.60. The molecule has 3 amide bonds. The molecular weight excluding hydrogens is 526 g/mol. The summed E-state index contributed by atoms with van der Waals surface area (Å²) >= 11 is 0. The lowest BCUT2D eigenvalue weighted by Gasteiger charge is -2.13. The van der Waals surface area contributed by atoms with E-state index < -0.39 is 23.9 Å². The molecule has 0 rings (SSSR count). The molecule has 0 spiro atoms. The van der Waals surface area contributed by atoms with Gasteiger partial charge >= 0.3 is 11.9 Å². The zero-order valence-electron chi connectivity index (χ0n) is 23.4. The Morgan fingerprint density at radius 2 is 1.10 bits per heavy atom. The molecule has 1 radical (unpaired) electrons. The molecule has 0 aliphatic heterocycles. The number of carboxylic acids is 2. The number of carboxylic acid groups (broad SMARTS) is 2. The van der Waals surface area contributed by atoms with E-state index in [-0.39, 0.29) is 57.1 Å². The summed E-state index contributed by atoms with van der Waals surface area (Å²) in [5.74, 6) is -2.95. The SMILES string of the molecule is O=[C]CC[C@H](NC(=O)CCC(=O)NCCOCCOCCNC(=O)CCCCCCCCCCC(=O)O)C(=O)O. The van der Waals surface area contributed by atoms with Gasteiger partial charge in [-0.05, 0) is 19.3 Å². The van der Waals surface area contributed by atoms with Gasteiger partial charge in [-0.15, -0.1) is 0 Å². The Bertz CT molecular complexity index is 748. The van der Waals surface area contributed by atoms with Gasteiger partial charge in [0.1, 0.15) is 6.04 Å². The molecule has 0 aliphatic rings. The highest BCUT2D eigenvalue weighted by molar-refractivity contribution is 5.87. The van der Waals surface area contributed by atoms with Crippen molar-refractivity contribution in [1.82, 2.24) is 16.0 Å². The molecule has 1 atom stereocenters. The van der Waals surface area contributed by atoms with E-state index in [2.05, 4.69) is 16.0 Å². The van der Waals surface area contributed by atoms with Crippen LogP contribution in [0.1, 0.15) is 89.9 Å². The quantitative estimate of drug-likeness (QED) is 0.0856. The third kappa shape index (κ3) is 25.2. The minimum atomic E-state index is -1.25. The van der Waals surface area contributed by atoms with Crippen molar-refractivity contribution in [2.45, 2.75) is 95.9 Å². The molecule has 0 saturated carbocycles. The van der Waals surface area contributed by atoms with E-state index in [4.69, 9.17) is 19.7 Å². The maximum atomic E-state index is 11.8. The average Bonchev–Trinajstić information content (AvgIpc) is 2.91. The largest absolute Gasteiger partial charge is 0.481 e. The molecule has 13 heteroatoms. The Kier molecular flexibility index (Phi) is 24.2. The smallest absolute Gasteiger partial charge is 0.326 e. The summed E-state index contributed by atoms with van der Waals surface area (Å²) < 4.78 is 10.7. The number of carbonyl (C=O) groups excluding carboxylic acids is 4. The third-order valence-electron chi connectivity index (χ3n) is 5.80. The Morgan fingerprint density at radius 1 is 0.625 bits per heavy atom. The van der Waals surface area contributed by atoms with Gasteiger partial charge in [-0.1, -0.05) is 38.5 Å². The fourth-order valence-corrected chi connectivity index (χ4v) is 3.60. The van der Waals surface area contributed by atoms with Crippen LogP contribution in [0, 0.1) is 0 Å². The standard InChI is InChI=1S/C27H46N3O10/c31-17-9-10-22(27(37)38)30-25(34)14-13-24(33)29-16-19-40-21-20-39-18-15-28-23(32)11-7-5-3-1-2-4-6-8-12-26(35)36/h22H,1-16,18-21H2,(H,28,32)(H,29,33)(H,30,34)(H,35,36)(H,37,38)/t22-/m0/s1. The van der Waals surface area contributed by atoms with Crippen molar-refractivity contribution in [3.63, 3.8) is 0 Å². The van der Waals surface area contributed by atoms with E-state index in [9.17, 15) is 28.8 Å². The second-order valence-electron chi connectivity index (χ2n) is 9.29. The monoisotopic (exact) mass is 572 g/mol. The topological polar surface area (TPSA) is 197 Å². The lowest BCUT2D eigenvalue weighted by molar-refractivity contribution is -0.142. The van der Waals surface area contributed by atoms with Crippen molar-refractivity contribution in [3.05, 3.63) is 0 Å². The van der Waals surface area contributed by atoms with Gasteiger partial charge in [0.05, 0.1) is 26.4 Å². The number of nitrogens with one attached hydrogen (secondary N) is 3. The summed E-state index contributed by atoms with van der Waals surface area (Å²) in [6.07, 6.45) is 9.74. The number of unbranched alkanes of at least 4 members (excludes halogenated alkanes) is 7. The Hall–Kier alpha value is -3.06. The van der Waals surface area contributed by atoms with Crippen LogP contribution in [0.4, 0.5) is 0 Å². The Labute approximate surface area is 236 Å². The van der Waals surface area contributed by atoms with Crippen molar-refractivity contribution < 1.29 is 48.5 Å². The molecule has 0 aromatic rings. The summed E-state index contributed by atoms with van der Waals surface area (Å²) in [4.78, 5) is 67.1. The minimum absolute atomic E-state index is 0.00000485. The highest BCUT2D eigenvalue weighted by Gasteiger charge is 2.19. The van der Waals surface area contributed by atoms with E-state index in [0.29, 0.717) is 32.8 Å². The molecular formula is C27H46N3O10. The van der Waals surface area contributed by atoms with E-state index >= 15 is 0 Å². The zero-order valence-corrected chi connectivity index (χ0v) is 23.4. The second kappa shape index (κ2) is 26.2. The van der Waals surface area contributed by atoms with Crippen molar-refractivity contribution in [2.75, 3.05) is 39.5 Å². The molecule has 0 saturated heterocycles. The maximum absolute atomic E-state index is 11.8. The summed E-state index contributed by atoms with van der Waals surface area (Å²) in [6, 6.07) is -1.19. The average molecular weight is 573 g/mol. The summed E-state index contributed by atoms with van der Waals surface area (Å²) in [5.41, 5.74) is 0. The molecule has 13 nitrogen and oxygen atoms in total. The van der Waals surface area contributed by atoms with E-state index in [0.717, 1.165) is 51.4 Å². The lowest BCUT2D eigenvalue weighted by atomic mass is 10.1. The van der Waals surface area contributed by atoms with Gasteiger partial charge in [-0.3, -0.25) is 24.0 Å². The van der Waals surface area contributed by atoms with Gasteiger partial charge < -0.3 is 35.6 Å². The number of hydrogen-bond donors (Lipinski definition) is 5. The van der Waals surface area contributed by atoms with E-state index in [1.54, 1.807) is 6.29 Å². The molecule has 229 valence electrons. The van der Waals surface area contributed by atoms with Crippen LogP contribution in [0.25, 0.3) is 0 Å². The van der Waals surface area contributed by atoms with Crippen LogP contribution in [-0.4, -0.2) is 91.7 Å². The van der Waals surface area contributed by atoms with Gasteiger partial charge in [0.2, 0.25) is 17.7 Å². The van der Waals surface area contributed by atoms with Gasteiger partial charge in [0, 0.05) is 45.2 Å². The van der Waals surface area contributed by atoms with Gasteiger partial charge in [0.25, 0.3) is 0 Å². The molecule has 40 heavy (non-hydrogen) atoms. The fraction of sp³-hybridized carbons (Fsp3) is 0.778. The molecule has 5 N–H and O–H groups in total. The van der Waals surface area contributed by atoms with E-state index in [1.165, 1.54) is 0 Å². The van der Waals surface area contributed by atoms with E-state index in [1.807, 2.05) is 0 Å². The highest BCUT2D eigenvalue weighted by Crippen LogP contribution is 2.10. The normalized spacial score (nSPS) is 11.4. The van der Waals surface area contributed by atoms with Crippen LogP contribution < -0.4 is 16.0 Å². The second-order valence-corrected chi connectivity index (χ2v) is 9.29. The van der Waals surface area contributed by atoms with Crippen molar-refractivity contribution in [2.24, 2.45) is 0 Å². The van der Waals surface area contributed by atoms with Crippen LogP contribution in [0.5, 0.6) is 0 Å². The number of carbonyl (C=O) groups is 5. The molecule has 0 aromatic heterocycles. The highest BCUT2D eigenvalue weighted by atomic mass is 16.5. The first-order valence-electron chi connectivity index (χ1n) is 14.0. The van der Waals surface area contributed by atoms with Crippen molar-refractivity contribution in [3.8, 4) is 0 Å². The van der Waals surface area contributed by atoms with Gasteiger partial charge in [-0.2, -0.15) is 0 Å². The van der Waals surface area contributed by atoms with Gasteiger partial charge in [0.15, 0.2) is 6.29 Å². The molecule has 0 unspecified atom stereocenters. The molecule has 0 fully saturated rings. The predicted octanol–water partition coefficient (Wildman–Crippen LogP) is 1.48. The molecule has 0 aliphatic carbocycles.